The molecule has 3 rings (SSSR count). The second-order valence-electron chi connectivity index (χ2n) is 6.15. The fourth-order valence-corrected chi connectivity index (χ4v) is 3.15. The van der Waals surface area contributed by atoms with Crippen LogP contribution in [0.25, 0.3) is 16.7 Å². The number of unbranched alkanes of at least 4 members (excludes halogenated alkanes) is 3. The molecule has 1 radical (unpaired) electrons. The summed E-state index contributed by atoms with van der Waals surface area (Å²) in [6, 6.07) is 17.5. The topological polar surface area (TPSA) is 64.2 Å². The molecule has 5 nitrogen and oxygen atoms in total. The van der Waals surface area contributed by atoms with Crippen LogP contribution in [0.2, 0.25) is 0 Å². The number of aliphatic carboxylic acids is 1. The summed E-state index contributed by atoms with van der Waals surface area (Å²) < 4.78 is 3.57. The Morgan fingerprint density at radius 1 is 0.846 bits per heavy atom. The molecule has 1 heterocycles. The van der Waals surface area contributed by atoms with Crippen LogP contribution in [0.1, 0.15) is 32.1 Å². The standard InChI is InChI=1S/C20H22N2O3.Na/c23-19(24)14-6-1-2-9-15-21-17-12-7-8-13-18(17)22(20(21)25)16-10-4-3-5-11-16;/h3-5,7-8,10-13H,1-2,6,9,14-15H2,(H,23,24);. The van der Waals surface area contributed by atoms with Crippen LogP contribution in [0.3, 0.4) is 0 Å². The van der Waals surface area contributed by atoms with Gasteiger partial charge in [-0.15, -0.1) is 0 Å². The maximum atomic E-state index is 12.9. The number of hydrogen-bond donors (Lipinski definition) is 1. The third-order valence-electron chi connectivity index (χ3n) is 4.37. The van der Waals surface area contributed by atoms with Crippen LogP contribution in [0.4, 0.5) is 0 Å². The van der Waals surface area contributed by atoms with E-state index in [2.05, 4.69) is 0 Å². The number of carboxylic acids is 1. The second kappa shape index (κ2) is 9.76. The summed E-state index contributed by atoms with van der Waals surface area (Å²) in [7, 11) is 0. The molecule has 0 aliphatic heterocycles. The van der Waals surface area contributed by atoms with E-state index in [4.69, 9.17) is 5.11 Å². The third kappa shape index (κ3) is 4.67. The number of carbonyl (C=O) groups is 1. The summed E-state index contributed by atoms with van der Waals surface area (Å²) in [5.74, 6) is -0.748. The van der Waals surface area contributed by atoms with Gasteiger partial charge in [0.25, 0.3) is 0 Å². The van der Waals surface area contributed by atoms with E-state index < -0.39 is 5.97 Å². The molecular weight excluding hydrogens is 339 g/mol. The summed E-state index contributed by atoms with van der Waals surface area (Å²) in [6.45, 7) is 0.645. The van der Waals surface area contributed by atoms with Crippen LogP contribution >= 0.6 is 0 Å². The molecule has 26 heavy (non-hydrogen) atoms. The SMILES string of the molecule is O=C(O)CCCCCCn1c(=O)n(-c2ccccc2)c2ccccc21.[Na]. The van der Waals surface area contributed by atoms with E-state index >= 15 is 0 Å². The first-order chi connectivity index (χ1) is 12.2. The zero-order valence-electron chi connectivity index (χ0n) is 15.1. The van der Waals surface area contributed by atoms with Crippen molar-refractivity contribution in [3.05, 3.63) is 65.1 Å². The number of para-hydroxylation sites is 3. The first-order valence-corrected chi connectivity index (χ1v) is 8.66. The minimum atomic E-state index is -0.748. The van der Waals surface area contributed by atoms with Crippen molar-refractivity contribution in [2.24, 2.45) is 0 Å². The maximum Gasteiger partial charge on any atom is 0.333 e. The van der Waals surface area contributed by atoms with Gasteiger partial charge >= 0.3 is 11.7 Å². The monoisotopic (exact) mass is 361 g/mol. The fourth-order valence-electron chi connectivity index (χ4n) is 3.15. The Balaban J connectivity index is 0.00000243. The second-order valence-corrected chi connectivity index (χ2v) is 6.15. The summed E-state index contributed by atoms with van der Waals surface area (Å²) in [6.07, 6.45) is 3.56. The molecule has 0 aliphatic carbocycles. The van der Waals surface area contributed by atoms with Gasteiger partial charge in [-0.3, -0.25) is 13.9 Å². The molecule has 0 saturated heterocycles. The van der Waals surface area contributed by atoms with Crippen LogP contribution in [-0.4, -0.2) is 49.8 Å². The Labute approximate surface area is 174 Å². The Hall–Kier alpha value is -1.82. The van der Waals surface area contributed by atoms with Crippen molar-refractivity contribution in [2.75, 3.05) is 0 Å². The Morgan fingerprint density at radius 2 is 1.46 bits per heavy atom. The van der Waals surface area contributed by atoms with Crippen molar-refractivity contribution < 1.29 is 9.90 Å². The van der Waals surface area contributed by atoms with E-state index in [1.54, 1.807) is 4.57 Å². The fraction of sp³-hybridized carbons (Fsp3) is 0.300. The van der Waals surface area contributed by atoms with Gasteiger partial charge in [-0.1, -0.05) is 43.2 Å². The van der Waals surface area contributed by atoms with E-state index in [1.807, 2.05) is 59.2 Å². The van der Waals surface area contributed by atoms with Crippen LogP contribution in [-0.2, 0) is 11.3 Å². The molecule has 0 saturated carbocycles. The number of benzene rings is 2. The normalized spacial score (nSPS) is 10.6. The number of imidazole rings is 1. The van der Waals surface area contributed by atoms with Gasteiger partial charge < -0.3 is 5.11 Å². The molecule has 6 heteroatoms. The number of aromatic nitrogens is 2. The van der Waals surface area contributed by atoms with Gasteiger partial charge in [0.15, 0.2) is 0 Å². The first kappa shape index (κ1) is 20.5. The third-order valence-corrected chi connectivity index (χ3v) is 4.37. The Kier molecular flexibility index (Phi) is 7.69. The maximum absolute atomic E-state index is 12.9. The van der Waals surface area contributed by atoms with Crippen LogP contribution in [0, 0.1) is 0 Å². The summed E-state index contributed by atoms with van der Waals surface area (Å²) in [4.78, 5) is 23.5. The number of rotatable bonds is 8. The van der Waals surface area contributed by atoms with Gasteiger partial charge in [0.2, 0.25) is 0 Å². The molecule has 1 aromatic heterocycles. The van der Waals surface area contributed by atoms with E-state index in [1.165, 1.54) is 0 Å². The van der Waals surface area contributed by atoms with E-state index in [9.17, 15) is 9.59 Å². The van der Waals surface area contributed by atoms with Gasteiger partial charge in [-0.2, -0.15) is 0 Å². The molecule has 3 aromatic rings. The van der Waals surface area contributed by atoms with E-state index in [0.29, 0.717) is 13.0 Å². The van der Waals surface area contributed by atoms with Crippen molar-refractivity contribution in [3.8, 4) is 5.69 Å². The molecule has 1 N–H and O–H groups in total. The number of carboxylic acid groups (broad SMARTS) is 1. The van der Waals surface area contributed by atoms with E-state index in [0.717, 1.165) is 36.0 Å². The van der Waals surface area contributed by atoms with Gasteiger partial charge in [0, 0.05) is 42.5 Å². The van der Waals surface area contributed by atoms with Gasteiger partial charge in [-0.25, -0.2) is 4.79 Å². The number of fused-ring (bicyclic) bond motifs is 1. The summed E-state index contributed by atoms with van der Waals surface area (Å²) in [5.41, 5.74) is 2.67. The summed E-state index contributed by atoms with van der Waals surface area (Å²) in [5, 5.41) is 8.67. The molecule has 0 unspecified atom stereocenters. The Bertz CT molecular complexity index is 916. The quantitative estimate of drug-likeness (QED) is 0.494. The van der Waals surface area contributed by atoms with Crippen LogP contribution in [0.15, 0.2) is 59.4 Å². The smallest absolute Gasteiger partial charge is 0.333 e. The van der Waals surface area contributed by atoms with Crippen molar-refractivity contribution >= 4 is 46.6 Å². The van der Waals surface area contributed by atoms with Gasteiger partial charge in [-0.05, 0) is 37.1 Å². The average Bonchev–Trinajstić information content (AvgIpc) is 2.90. The molecule has 0 bridgehead atoms. The molecule has 0 spiro atoms. The number of nitrogens with zero attached hydrogens (tertiary/aromatic N) is 2. The van der Waals surface area contributed by atoms with Crippen LogP contribution in [0.5, 0.6) is 0 Å². The zero-order valence-corrected chi connectivity index (χ0v) is 17.1. The van der Waals surface area contributed by atoms with E-state index in [-0.39, 0.29) is 41.7 Å². The van der Waals surface area contributed by atoms with Gasteiger partial charge in [0.05, 0.1) is 16.7 Å². The molecule has 0 fully saturated rings. The predicted octanol–water partition coefficient (Wildman–Crippen LogP) is 3.45. The summed E-state index contributed by atoms with van der Waals surface area (Å²) >= 11 is 0. The van der Waals surface area contributed by atoms with Crippen LogP contribution < -0.4 is 5.69 Å². The number of hydrogen-bond acceptors (Lipinski definition) is 2. The number of aryl methyl sites for hydroxylation is 1. The molecule has 2 aromatic carbocycles. The minimum Gasteiger partial charge on any atom is -0.481 e. The van der Waals surface area contributed by atoms with Crippen molar-refractivity contribution in [2.45, 2.75) is 38.6 Å². The van der Waals surface area contributed by atoms with Crippen molar-refractivity contribution in [1.82, 2.24) is 9.13 Å². The largest absolute Gasteiger partial charge is 0.481 e. The molecule has 0 atom stereocenters. The van der Waals surface area contributed by atoms with Crippen molar-refractivity contribution in [1.29, 1.82) is 0 Å². The molecule has 0 aliphatic rings. The first-order valence-electron chi connectivity index (χ1n) is 8.66. The zero-order chi connectivity index (χ0) is 17.6. The molecule has 131 valence electrons. The average molecular weight is 361 g/mol. The van der Waals surface area contributed by atoms with Crippen molar-refractivity contribution in [3.63, 3.8) is 0 Å². The predicted molar refractivity (Wildman–Crippen MR) is 104 cm³/mol. The molecular formula is C20H22N2NaO3. The minimum absolute atomic E-state index is 0. The van der Waals surface area contributed by atoms with Gasteiger partial charge in [0.1, 0.15) is 0 Å². The Morgan fingerprint density at radius 3 is 2.15 bits per heavy atom. The molecule has 0 amide bonds.